The Morgan fingerprint density at radius 1 is 0.694 bits per heavy atom. The van der Waals surface area contributed by atoms with E-state index in [0.717, 1.165) is 73.5 Å². The normalized spacial score (nSPS) is 11.8. The van der Waals surface area contributed by atoms with E-state index >= 15 is 0 Å². The Balaban J connectivity index is 0.000000233. The van der Waals surface area contributed by atoms with Crippen molar-refractivity contribution < 1.29 is 24.5 Å². The van der Waals surface area contributed by atoms with Crippen LogP contribution >= 0.6 is 0 Å². The van der Waals surface area contributed by atoms with Gasteiger partial charge in [-0.1, -0.05) is 132 Å². The Hall–Kier alpha value is -5.46. The molecular formula is C55H56IrN4OSi-2. The molecule has 0 aliphatic rings. The van der Waals surface area contributed by atoms with Crippen molar-refractivity contribution in [1.82, 2.24) is 19.5 Å². The van der Waals surface area contributed by atoms with E-state index in [9.17, 15) is 0 Å². The fourth-order valence-electron chi connectivity index (χ4n) is 8.38. The van der Waals surface area contributed by atoms with Gasteiger partial charge >= 0.3 is 0 Å². The summed E-state index contributed by atoms with van der Waals surface area (Å²) in [5, 5.41) is 3.64. The molecule has 0 aliphatic heterocycles. The van der Waals surface area contributed by atoms with Crippen LogP contribution in [0, 0.1) is 25.0 Å². The maximum Gasteiger partial charge on any atom is 0.155 e. The molecule has 0 N–H and O–H groups in total. The van der Waals surface area contributed by atoms with Gasteiger partial charge in [-0.15, -0.1) is 54.1 Å². The van der Waals surface area contributed by atoms with Crippen molar-refractivity contribution in [2.24, 2.45) is 5.92 Å². The molecule has 62 heavy (non-hydrogen) atoms. The Bertz CT molecular complexity index is 2950. The zero-order valence-electron chi connectivity index (χ0n) is 37.6. The number of para-hydroxylation sites is 1. The Labute approximate surface area is 382 Å². The van der Waals surface area contributed by atoms with Crippen LogP contribution < -0.4 is 5.19 Å². The summed E-state index contributed by atoms with van der Waals surface area (Å²) in [6, 6.07) is 48.8. The third kappa shape index (κ3) is 9.03. The van der Waals surface area contributed by atoms with Crippen LogP contribution in [0.2, 0.25) is 19.6 Å². The zero-order chi connectivity index (χ0) is 43.0. The summed E-state index contributed by atoms with van der Waals surface area (Å²) in [7, 11) is -1.34. The van der Waals surface area contributed by atoms with Gasteiger partial charge in [-0.2, -0.15) is 0 Å². The molecule has 0 amide bonds. The minimum absolute atomic E-state index is 0. The first-order valence-electron chi connectivity index (χ1n) is 21.7. The average molecular weight is 1010 g/mol. The molecule has 0 unspecified atom stereocenters. The van der Waals surface area contributed by atoms with Crippen LogP contribution in [0.4, 0.5) is 0 Å². The summed E-state index contributed by atoms with van der Waals surface area (Å²) in [6.45, 7) is 22.8. The van der Waals surface area contributed by atoms with E-state index in [4.69, 9.17) is 14.4 Å². The van der Waals surface area contributed by atoms with E-state index in [0.29, 0.717) is 5.92 Å². The van der Waals surface area contributed by atoms with E-state index in [2.05, 4.69) is 162 Å². The maximum absolute atomic E-state index is 6.48. The molecule has 0 saturated heterocycles. The molecule has 1 radical (unpaired) electrons. The van der Waals surface area contributed by atoms with Crippen LogP contribution in [0.5, 0.6) is 0 Å². The van der Waals surface area contributed by atoms with E-state index in [1.807, 2.05) is 55.5 Å². The molecule has 317 valence electrons. The zero-order valence-corrected chi connectivity index (χ0v) is 41.0. The largest absolute Gasteiger partial charge is 0.501 e. The SMILES string of the molecule is CC(C)Cc1cc(-c2[c-]cccc2)ncc1[Si](C)(C)C.Cc1ccc2nc(-c3[c-]ccc4c3oc3ccccc34)n(-c3c(C(C)C)cc(-c4ccccc4)cc3C(C)C)c2n1.[Ir]. The quantitative estimate of drug-likeness (QED) is 0.107. The number of rotatable bonds is 9. The molecular weight excluding hydrogens is 953 g/mol. The molecule has 4 heterocycles. The second-order valence-corrected chi connectivity index (χ2v) is 23.3. The predicted octanol–water partition coefficient (Wildman–Crippen LogP) is 14.3. The van der Waals surface area contributed by atoms with E-state index < -0.39 is 8.07 Å². The third-order valence-corrected chi connectivity index (χ3v) is 13.4. The monoisotopic (exact) mass is 1010 g/mol. The molecule has 0 saturated carbocycles. The van der Waals surface area contributed by atoms with Gasteiger partial charge < -0.3 is 14.0 Å². The molecule has 0 spiro atoms. The topological polar surface area (TPSA) is 56.7 Å². The minimum Gasteiger partial charge on any atom is -0.501 e. The molecule has 5 nitrogen and oxygen atoms in total. The molecule has 9 rings (SSSR count). The number of benzene rings is 5. The van der Waals surface area contributed by atoms with E-state index in [1.165, 1.54) is 33.0 Å². The molecule has 0 atom stereocenters. The van der Waals surface area contributed by atoms with Crippen molar-refractivity contribution in [1.29, 1.82) is 0 Å². The molecule has 9 aromatic rings. The molecule has 7 heteroatoms. The fraction of sp³-hybridized carbons (Fsp3) is 0.255. The summed E-state index contributed by atoms with van der Waals surface area (Å²) in [5.41, 5.74) is 14.8. The summed E-state index contributed by atoms with van der Waals surface area (Å²) in [6.07, 6.45) is 3.24. The average Bonchev–Trinajstić information content (AvgIpc) is 3.81. The number of hydrogen-bond acceptors (Lipinski definition) is 4. The van der Waals surface area contributed by atoms with Crippen molar-refractivity contribution in [3.63, 3.8) is 0 Å². The van der Waals surface area contributed by atoms with Crippen LogP contribution in [-0.4, -0.2) is 27.6 Å². The molecule has 0 fully saturated rings. The first-order valence-corrected chi connectivity index (χ1v) is 25.2. The van der Waals surface area contributed by atoms with E-state index in [-0.39, 0.29) is 31.9 Å². The first kappa shape index (κ1) is 44.6. The van der Waals surface area contributed by atoms with Gasteiger partial charge in [0.2, 0.25) is 0 Å². The van der Waals surface area contributed by atoms with Crippen LogP contribution in [0.15, 0.2) is 132 Å². The Morgan fingerprint density at radius 3 is 2.05 bits per heavy atom. The number of hydrogen-bond donors (Lipinski definition) is 0. The number of furan rings is 1. The van der Waals surface area contributed by atoms with Gasteiger partial charge in [0.1, 0.15) is 5.58 Å². The second-order valence-electron chi connectivity index (χ2n) is 18.3. The van der Waals surface area contributed by atoms with Gasteiger partial charge in [0.25, 0.3) is 0 Å². The Morgan fingerprint density at radius 2 is 1.39 bits per heavy atom. The van der Waals surface area contributed by atoms with Crippen molar-refractivity contribution in [2.45, 2.75) is 86.4 Å². The maximum atomic E-state index is 6.48. The summed E-state index contributed by atoms with van der Waals surface area (Å²) in [5.74, 6) is 2.00. The van der Waals surface area contributed by atoms with Crippen LogP contribution in [0.1, 0.15) is 75.8 Å². The van der Waals surface area contributed by atoms with Crippen LogP contribution in [0.3, 0.4) is 0 Å². The first-order chi connectivity index (χ1) is 29.3. The fourth-order valence-corrected chi connectivity index (χ4v) is 9.97. The minimum atomic E-state index is -1.34. The second kappa shape index (κ2) is 18.5. The predicted molar refractivity (Wildman–Crippen MR) is 259 cm³/mol. The van der Waals surface area contributed by atoms with Gasteiger partial charge in [-0.05, 0) is 94.6 Å². The van der Waals surface area contributed by atoms with Crippen LogP contribution in [-0.2, 0) is 26.5 Å². The van der Waals surface area contributed by atoms with Gasteiger partial charge in [0.05, 0.1) is 25.0 Å². The number of fused-ring (bicyclic) bond motifs is 4. The summed E-state index contributed by atoms with van der Waals surface area (Å²) >= 11 is 0. The smallest absolute Gasteiger partial charge is 0.155 e. The molecule has 5 aromatic carbocycles. The Kier molecular flexibility index (Phi) is 13.3. The number of aryl methyl sites for hydroxylation is 1. The third-order valence-electron chi connectivity index (χ3n) is 11.4. The number of pyridine rings is 2. The molecule has 0 aliphatic carbocycles. The van der Waals surface area contributed by atoms with Gasteiger partial charge in [-0.25, -0.2) is 4.98 Å². The number of aromatic nitrogens is 4. The van der Waals surface area contributed by atoms with Crippen molar-refractivity contribution >= 4 is 46.4 Å². The van der Waals surface area contributed by atoms with Crippen LogP contribution in [0.25, 0.3) is 72.6 Å². The summed E-state index contributed by atoms with van der Waals surface area (Å²) in [4.78, 5) is 15.0. The standard InChI is InChI=1S/C37H32N3O.C18H24NSi.Ir/c1-22(2)30-20-26(25-12-7-6-8-13-25)21-31(23(3)4)34(30)40-36(39-32-19-18-24(5)38-37(32)40)29-16-11-15-28-27-14-9-10-17-33(27)41-35(28)29;1-14(2)11-16-12-17(15-9-7-6-8-10-15)19-13-18(16)20(3,4)5;/h6-15,17-23H,1-5H3;6-9,12-14H,11H2,1-5H3;/q2*-1;. The van der Waals surface area contributed by atoms with Gasteiger partial charge in [0, 0.05) is 43.1 Å². The van der Waals surface area contributed by atoms with Gasteiger partial charge in [-0.3, -0.25) is 4.98 Å². The number of nitrogens with zero attached hydrogens (tertiary/aromatic N) is 4. The molecule has 0 bridgehead atoms. The summed E-state index contributed by atoms with van der Waals surface area (Å²) < 4.78 is 8.74. The number of imidazole rings is 1. The van der Waals surface area contributed by atoms with Crippen molar-refractivity contribution in [3.8, 4) is 39.5 Å². The van der Waals surface area contributed by atoms with E-state index in [1.54, 1.807) is 0 Å². The van der Waals surface area contributed by atoms with Gasteiger partial charge in [0.15, 0.2) is 5.65 Å². The van der Waals surface area contributed by atoms with Crippen molar-refractivity contribution in [2.75, 3.05) is 0 Å². The molecule has 4 aromatic heterocycles. The van der Waals surface area contributed by atoms with Crippen molar-refractivity contribution in [3.05, 3.63) is 162 Å².